The summed E-state index contributed by atoms with van der Waals surface area (Å²) in [6.45, 7) is 2.15. The van der Waals surface area contributed by atoms with Crippen LogP contribution in [-0.4, -0.2) is 5.75 Å². The lowest BCUT2D eigenvalue weighted by Gasteiger charge is -1.98. The molecule has 0 spiro atoms. The van der Waals surface area contributed by atoms with E-state index in [1.54, 1.807) is 0 Å². The molecule has 0 saturated carbocycles. The van der Waals surface area contributed by atoms with Crippen molar-refractivity contribution in [3.63, 3.8) is 0 Å². The second-order valence-corrected chi connectivity index (χ2v) is 3.72. The Hall–Kier alpha value is -0.940. The zero-order valence-electron chi connectivity index (χ0n) is 7.08. The van der Waals surface area contributed by atoms with Crippen molar-refractivity contribution in [1.82, 2.24) is 0 Å². The minimum atomic E-state index is 0.736. The fraction of sp³-hybridized carbons (Fsp3) is 0.300. The Morgan fingerprint density at radius 1 is 1.33 bits per heavy atom. The minimum Gasteiger partial charge on any atom is -0.192 e. The van der Waals surface area contributed by atoms with Gasteiger partial charge >= 0.3 is 0 Å². The standard InChI is InChI=1S/C10H11NS/c1-2-12-8-10-5-3-9(7-11)4-6-10/h3-6H,2,8H2,1H3. The highest BCUT2D eigenvalue weighted by molar-refractivity contribution is 7.98. The van der Waals surface area contributed by atoms with Crippen molar-refractivity contribution < 1.29 is 0 Å². The van der Waals surface area contributed by atoms with Gasteiger partial charge in [0.1, 0.15) is 0 Å². The van der Waals surface area contributed by atoms with Gasteiger partial charge in [0, 0.05) is 5.75 Å². The summed E-state index contributed by atoms with van der Waals surface area (Å²) >= 11 is 1.89. The fourth-order valence-corrected chi connectivity index (χ4v) is 1.53. The molecule has 0 radical (unpaired) electrons. The molecule has 1 aromatic carbocycles. The monoisotopic (exact) mass is 177 g/mol. The zero-order chi connectivity index (χ0) is 8.81. The Balaban J connectivity index is 2.60. The maximum Gasteiger partial charge on any atom is 0.0991 e. The van der Waals surface area contributed by atoms with Crippen molar-refractivity contribution >= 4 is 11.8 Å². The summed E-state index contributed by atoms with van der Waals surface area (Å²) in [4.78, 5) is 0. The second kappa shape index (κ2) is 4.84. The van der Waals surface area contributed by atoms with Gasteiger partial charge in [0.15, 0.2) is 0 Å². The first kappa shape index (κ1) is 9.15. The van der Waals surface area contributed by atoms with Crippen LogP contribution in [0.5, 0.6) is 0 Å². The van der Waals surface area contributed by atoms with Gasteiger partial charge in [-0.25, -0.2) is 0 Å². The molecular formula is C10H11NS. The number of hydrogen-bond donors (Lipinski definition) is 0. The van der Waals surface area contributed by atoms with Gasteiger partial charge in [0.25, 0.3) is 0 Å². The van der Waals surface area contributed by atoms with E-state index in [1.165, 1.54) is 5.56 Å². The largest absolute Gasteiger partial charge is 0.192 e. The van der Waals surface area contributed by atoms with E-state index in [9.17, 15) is 0 Å². The molecule has 0 amide bonds. The predicted octanol–water partition coefficient (Wildman–Crippen LogP) is 2.81. The summed E-state index contributed by atoms with van der Waals surface area (Å²) in [5, 5.41) is 8.55. The SMILES string of the molecule is CCSCc1ccc(C#N)cc1. The molecule has 12 heavy (non-hydrogen) atoms. The van der Waals surface area contributed by atoms with Crippen LogP contribution >= 0.6 is 11.8 Å². The van der Waals surface area contributed by atoms with Crippen LogP contribution < -0.4 is 0 Å². The average Bonchev–Trinajstić information content (AvgIpc) is 2.15. The fourth-order valence-electron chi connectivity index (χ4n) is 0.895. The third kappa shape index (κ3) is 2.60. The van der Waals surface area contributed by atoms with Crippen LogP contribution in [0.3, 0.4) is 0 Å². The van der Waals surface area contributed by atoms with Crippen LogP contribution in [0, 0.1) is 11.3 Å². The molecule has 0 aromatic heterocycles. The van der Waals surface area contributed by atoms with E-state index in [2.05, 4.69) is 13.0 Å². The maximum atomic E-state index is 8.55. The van der Waals surface area contributed by atoms with E-state index in [0.29, 0.717) is 0 Å². The molecule has 2 heteroatoms. The summed E-state index contributed by atoms with van der Waals surface area (Å²) in [7, 11) is 0. The van der Waals surface area contributed by atoms with Gasteiger partial charge in [0.2, 0.25) is 0 Å². The van der Waals surface area contributed by atoms with E-state index < -0.39 is 0 Å². The first-order chi connectivity index (χ1) is 5.86. The Morgan fingerprint density at radius 2 is 2.00 bits per heavy atom. The van der Waals surface area contributed by atoms with E-state index >= 15 is 0 Å². The Labute approximate surface area is 77.4 Å². The lowest BCUT2D eigenvalue weighted by Crippen LogP contribution is -1.81. The normalized spacial score (nSPS) is 9.33. The molecule has 0 saturated heterocycles. The van der Waals surface area contributed by atoms with Crippen molar-refractivity contribution in [2.75, 3.05) is 5.75 Å². The molecule has 62 valence electrons. The molecule has 0 aliphatic carbocycles. The highest BCUT2D eigenvalue weighted by Crippen LogP contribution is 2.11. The van der Waals surface area contributed by atoms with Crippen molar-refractivity contribution in [3.05, 3.63) is 35.4 Å². The first-order valence-electron chi connectivity index (χ1n) is 3.93. The van der Waals surface area contributed by atoms with Crippen LogP contribution in [0.25, 0.3) is 0 Å². The summed E-state index contributed by atoms with van der Waals surface area (Å²) in [6.07, 6.45) is 0. The average molecular weight is 177 g/mol. The summed E-state index contributed by atoms with van der Waals surface area (Å²) in [6, 6.07) is 9.87. The third-order valence-corrected chi connectivity index (χ3v) is 2.50. The van der Waals surface area contributed by atoms with E-state index in [-0.39, 0.29) is 0 Å². The van der Waals surface area contributed by atoms with Crippen LogP contribution in [0.2, 0.25) is 0 Å². The van der Waals surface area contributed by atoms with Crippen LogP contribution in [-0.2, 0) is 5.75 Å². The van der Waals surface area contributed by atoms with Gasteiger partial charge in [-0.05, 0) is 23.4 Å². The van der Waals surface area contributed by atoms with E-state index in [0.717, 1.165) is 17.1 Å². The molecular weight excluding hydrogens is 166 g/mol. The number of nitriles is 1. The predicted molar refractivity (Wildman–Crippen MR) is 53.0 cm³/mol. The number of nitrogens with zero attached hydrogens (tertiary/aromatic N) is 1. The van der Waals surface area contributed by atoms with E-state index in [4.69, 9.17) is 5.26 Å². The third-order valence-electron chi connectivity index (χ3n) is 1.56. The van der Waals surface area contributed by atoms with Gasteiger partial charge in [-0.15, -0.1) is 0 Å². The van der Waals surface area contributed by atoms with Crippen molar-refractivity contribution in [2.24, 2.45) is 0 Å². The smallest absolute Gasteiger partial charge is 0.0991 e. The Kier molecular flexibility index (Phi) is 3.69. The Morgan fingerprint density at radius 3 is 2.50 bits per heavy atom. The highest BCUT2D eigenvalue weighted by atomic mass is 32.2. The van der Waals surface area contributed by atoms with Gasteiger partial charge in [-0.2, -0.15) is 17.0 Å². The lowest BCUT2D eigenvalue weighted by atomic mass is 10.2. The summed E-state index contributed by atoms with van der Waals surface area (Å²) in [5.41, 5.74) is 2.03. The second-order valence-electron chi connectivity index (χ2n) is 2.45. The lowest BCUT2D eigenvalue weighted by molar-refractivity contribution is 1.38. The molecule has 1 nitrogen and oxygen atoms in total. The van der Waals surface area contributed by atoms with Gasteiger partial charge in [-0.1, -0.05) is 19.1 Å². The molecule has 0 fully saturated rings. The topological polar surface area (TPSA) is 23.8 Å². The van der Waals surface area contributed by atoms with Crippen molar-refractivity contribution in [3.8, 4) is 6.07 Å². The van der Waals surface area contributed by atoms with Crippen LogP contribution in [0.1, 0.15) is 18.1 Å². The van der Waals surface area contributed by atoms with Crippen molar-refractivity contribution in [1.29, 1.82) is 5.26 Å². The molecule has 0 atom stereocenters. The molecule has 0 unspecified atom stereocenters. The molecule has 0 heterocycles. The molecule has 0 N–H and O–H groups in total. The number of benzene rings is 1. The number of thioether (sulfide) groups is 1. The first-order valence-corrected chi connectivity index (χ1v) is 5.09. The maximum absolute atomic E-state index is 8.55. The summed E-state index contributed by atoms with van der Waals surface area (Å²) in [5.74, 6) is 2.18. The summed E-state index contributed by atoms with van der Waals surface area (Å²) < 4.78 is 0. The quantitative estimate of drug-likeness (QED) is 0.709. The molecule has 1 aromatic rings. The van der Waals surface area contributed by atoms with Gasteiger partial charge < -0.3 is 0 Å². The van der Waals surface area contributed by atoms with Crippen LogP contribution in [0.4, 0.5) is 0 Å². The number of rotatable bonds is 3. The Bertz CT molecular complexity index is 271. The number of hydrogen-bond acceptors (Lipinski definition) is 2. The molecule has 0 aliphatic heterocycles. The minimum absolute atomic E-state index is 0.736. The van der Waals surface area contributed by atoms with Gasteiger partial charge in [-0.3, -0.25) is 0 Å². The molecule has 0 aliphatic rings. The van der Waals surface area contributed by atoms with Gasteiger partial charge in [0.05, 0.1) is 11.6 Å². The van der Waals surface area contributed by atoms with E-state index in [1.807, 2.05) is 36.0 Å². The van der Waals surface area contributed by atoms with Crippen LogP contribution in [0.15, 0.2) is 24.3 Å². The zero-order valence-corrected chi connectivity index (χ0v) is 7.90. The van der Waals surface area contributed by atoms with Crippen molar-refractivity contribution in [2.45, 2.75) is 12.7 Å². The molecule has 1 rings (SSSR count). The molecule has 0 bridgehead atoms. The highest BCUT2D eigenvalue weighted by Gasteiger charge is 1.92.